The molecule has 0 aliphatic carbocycles. The predicted octanol–water partition coefficient (Wildman–Crippen LogP) is 7.25. The first-order chi connectivity index (χ1) is 13.7. The van der Waals surface area contributed by atoms with Gasteiger partial charge in [-0.3, -0.25) is 0 Å². The van der Waals surface area contributed by atoms with Gasteiger partial charge in [-0.2, -0.15) is 4.39 Å². The molecule has 0 unspecified atom stereocenters. The van der Waals surface area contributed by atoms with Gasteiger partial charge in [0.05, 0.1) is 6.61 Å². The summed E-state index contributed by atoms with van der Waals surface area (Å²) in [5.41, 5.74) is 1.40. The minimum atomic E-state index is -4.78. The summed E-state index contributed by atoms with van der Waals surface area (Å²) in [6.45, 7) is 1.86. The third-order valence-electron chi connectivity index (χ3n) is 4.03. The van der Waals surface area contributed by atoms with Crippen LogP contribution in [0.3, 0.4) is 0 Å². The molecule has 0 aromatic heterocycles. The van der Waals surface area contributed by atoms with E-state index in [1.54, 1.807) is 19.1 Å². The van der Waals surface area contributed by atoms with E-state index in [1.807, 2.05) is 0 Å². The maximum atomic E-state index is 14.4. The summed E-state index contributed by atoms with van der Waals surface area (Å²) in [7, 11) is 0. The lowest BCUT2D eigenvalue weighted by Gasteiger charge is -2.12. The van der Waals surface area contributed by atoms with Crippen molar-refractivity contribution < 1.29 is 31.4 Å². The van der Waals surface area contributed by atoms with E-state index in [4.69, 9.17) is 16.3 Å². The molecule has 0 atom stereocenters. The van der Waals surface area contributed by atoms with Crippen molar-refractivity contribution in [3.8, 4) is 33.8 Å². The molecule has 0 saturated carbocycles. The second-order valence-corrected chi connectivity index (χ2v) is 6.35. The van der Waals surface area contributed by atoms with Crippen molar-refractivity contribution in [1.82, 2.24) is 0 Å². The fourth-order valence-corrected chi connectivity index (χ4v) is 3.06. The van der Waals surface area contributed by atoms with Gasteiger partial charge in [-0.1, -0.05) is 35.9 Å². The lowest BCUT2D eigenvalue weighted by molar-refractivity contribution is -0.274. The average Bonchev–Trinajstić information content (AvgIpc) is 2.65. The van der Waals surface area contributed by atoms with Gasteiger partial charge in [0.2, 0.25) is 5.82 Å². The number of halogens is 6. The fraction of sp³-hybridized carbons (Fsp3) is 0.143. The molecule has 0 heterocycles. The van der Waals surface area contributed by atoms with Crippen molar-refractivity contribution in [2.75, 3.05) is 6.61 Å². The SMILES string of the molecule is CCOc1ccc(-c2ccc(-c3ccc(OC(F)(F)F)cc3)c(Cl)c2)c(F)c1F. The minimum absolute atomic E-state index is 0.00771. The van der Waals surface area contributed by atoms with Crippen LogP contribution >= 0.6 is 11.6 Å². The molecule has 0 amide bonds. The molecule has 0 N–H and O–H groups in total. The van der Waals surface area contributed by atoms with Crippen LogP contribution in [0.2, 0.25) is 5.02 Å². The number of benzene rings is 3. The van der Waals surface area contributed by atoms with E-state index in [9.17, 15) is 22.0 Å². The van der Waals surface area contributed by atoms with Crippen LogP contribution in [0.15, 0.2) is 54.6 Å². The number of hydrogen-bond donors (Lipinski definition) is 0. The van der Waals surface area contributed by atoms with Crippen molar-refractivity contribution in [3.05, 3.63) is 71.3 Å². The summed E-state index contributed by atoms with van der Waals surface area (Å²) in [5.74, 6) is -2.70. The highest BCUT2D eigenvalue weighted by Gasteiger charge is 2.31. The van der Waals surface area contributed by atoms with E-state index < -0.39 is 18.0 Å². The second kappa shape index (κ2) is 8.29. The monoisotopic (exact) mass is 428 g/mol. The van der Waals surface area contributed by atoms with E-state index >= 15 is 0 Å². The Kier molecular flexibility index (Phi) is 5.98. The van der Waals surface area contributed by atoms with Gasteiger partial charge in [-0.15, -0.1) is 13.2 Å². The molecule has 0 aliphatic rings. The molecule has 0 saturated heterocycles. The quantitative estimate of drug-likeness (QED) is 0.398. The van der Waals surface area contributed by atoms with Crippen LogP contribution < -0.4 is 9.47 Å². The van der Waals surface area contributed by atoms with E-state index in [0.29, 0.717) is 16.7 Å². The molecule has 0 bridgehead atoms. The highest BCUT2D eigenvalue weighted by atomic mass is 35.5. The maximum absolute atomic E-state index is 14.4. The van der Waals surface area contributed by atoms with Gasteiger partial charge >= 0.3 is 6.36 Å². The van der Waals surface area contributed by atoms with Gasteiger partial charge in [0.25, 0.3) is 0 Å². The third kappa shape index (κ3) is 4.79. The van der Waals surface area contributed by atoms with Crippen LogP contribution in [-0.4, -0.2) is 13.0 Å². The van der Waals surface area contributed by atoms with Crippen molar-refractivity contribution >= 4 is 11.6 Å². The molecule has 2 nitrogen and oxygen atoms in total. The molecule has 0 radical (unpaired) electrons. The standard InChI is InChI=1S/C21H14ClF5O2/c1-2-28-18-10-9-16(19(23)20(18)24)13-5-8-15(17(22)11-13)12-3-6-14(7-4-12)29-21(25,26)27/h3-11H,2H2,1H3. The first-order valence-corrected chi connectivity index (χ1v) is 8.84. The largest absolute Gasteiger partial charge is 0.573 e. The summed E-state index contributed by atoms with van der Waals surface area (Å²) in [6.07, 6.45) is -4.78. The predicted molar refractivity (Wildman–Crippen MR) is 100 cm³/mol. The molecule has 0 spiro atoms. The van der Waals surface area contributed by atoms with E-state index in [0.717, 1.165) is 12.1 Å². The Balaban J connectivity index is 1.90. The molecular formula is C21H14ClF5O2. The van der Waals surface area contributed by atoms with Crippen molar-refractivity contribution in [3.63, 3.8) is 0 Å². The molecule has 3 rings (SSSR count). The van der Waals surface area contributed by atoms with E-state index in [2.05, 4.69) is 4.74 Å². The van der Waals surface area contributed by atoms with Crippen molar-refractivity contribution in [2.24, 2.45) is 0 Å². The fourth-order valence-electron chi connectivity index (χ4n) is 2.77. The van der Waals surface area contributed by atoms with Gasteiger partial charge in [-0.25, -0.2) is 4.39 Å². The normalized spacial score (nSPS) is 11.4. The van der Waals surface area contributed by atoms with Crippen LogP contribution in [0.25, 0.3) is 22.3 Å². The van der Waals surface area contributed by atoms with Crippen LogP contribution in [-0.2, 0) is 0 Å². The highest BCUT2D eigenvalue weighted by Crippen LogP contribution is 2.36. The van der Waals surface area contributed by atoms with Crippen LogP contribution in [0, 0.1) is 11.6 Å². The van der Waals surface area contributed by atoms with Gasteiger partial charge in [0, 0.05) is 16.1 Å². The number of hydrogen-bond acceptors (Lipinski definition) is 2. The molecule has 29 heavy (non-hydrogen) atoms. The summed E-state index contributed by atoms with van der Waals surface area (Å²) in [4.78, 5) is 0. The van der Waals surface area contributed by atoms with Crippen molar-refractivity contribution in [1.29, 1.82) is 0 Å². The topological polar surface area (TPSA) is 18.5 Å². The van der Waals surface area contributed by atoms with Gasteiger partial charge < -0.3 is 9.47 Å². The lowest BCUT2D eigenvalue weighted by atomic mass is 9.99. The lowest BCUT2D eigenvalue weighted by Crippen LogP contribution is -2.16. The highest BCUT2D eigenvalue weighted by molar-refractivity contribution is 6.33. The van der Waals surface area contributed by atoms with Gasteiger partial charge in [-0.05, 0) is 48.4 Å². The second-order valence-electron chi connectivity index (χ2n) is 5.94. The minimum Gasteiger partial charge on any atom is -0.491 e. The Morgan fingerprint density at radius 1 is 0.828 bits per heavy atom. The number of alkyl halides is 3. The summed E-state index contributed by atoms with van der Waals surface area (Å²) >= 11 is 6.28. The van der Waals surface area contributed by atoms with E-state index in [1.165, 1.54) is 30.3 Å². The number of ether oxygens (including phenoxy) is 2. The smallest absolute Gasteiger partial charge is 0.491 e. The molecule has 0 aliphatic heterocycles. The Morgan fingerprint density at radius 3 is 2.03 bits per heavy atom. The third-order valence-corrected chi connectivity index (χ3v) is 4.34. The molecule has 0 fully saturated rings. The summed E-state index contributed by atoms with van der Waals surface area (Å²) in [5, 5.41) is 0.223. The Morgan fingerprint density at radius 2 is 1.45 bits per heavy atom. The van der Waals surface area contributed by atoms with Crippen LogP contribution in [0.5, 0.6) is 11.5 Å². The zero-order valence-corrected chi connectivity index (χ0v) is 15.7. The average molecular weight is 429 g/mol. The van der Waals surface area contributed by atoms with Crippen LogP contribution in [0.4, 0.5) is 22.0 Å². The molecule has 8 heteroatoms. The Labute approximate surface area is 168 Å². The number of rotatable bonds is 5. The van der Waals surface area contributed by atoms with Gasteiger partial charge in [0.1, 0.15) is 5.75 Å². The molecule has 152 valence electrons. The maximum Gasteiger partial charge on any atom is 0.573 e. The first-order valence-electron chi connectivity index (χ1n) is 8.46. The van der Waals surface area contributed by atoms with Gasteiger partial charge in [0.15, 0.2) is 11.6 Å². The zero-order valence-electron chi connectivity index (χ0n) is 15.0. The van der Waals surface area contributed by atoms with Crippen molar-refractivity contribution in [2.45, 2.75) is 13.3 Å². The molecule has 3 aromatic rings. The summed E-state index contributed by atoms with van der Waals surface area (Å²) < 4.78 is 74.1. The Hall–Kier alpha value is -2.80. The zero-order chi connectivity index (χ0) is 21.2. The Bertz CT molecular complexity index is 1020. The van der Waals surface area contributed by atoms with Crippen LogP contribution in [0.1, 0.15) is 6.92 Å². The summed E-state index contributed by atoms with van der Waals surface area (Å²) in [6, 6.07) is 12.4. The van der Waals surface area contributed by atoms with E-state index in [-0.39, 0.29) is 28.7 Å². The molecule has 3 aromatic carbocycles. The molecular weight excluding hydrogens is 415 g/mol. The first kappa shape index (κ1) is 20.9.